The molecule has 0 radical (unpaired) electrons. The zero-order valence-electron chi connectivity index (χ0n) is 21.9. The van der Waals surface area contributed by atoms with Crippen LogP contribution >= 0.6 is 0 Å². The average molecular weight is 539 g/mol. The van der Waals surface area contributed by atoms with Gasteiger partial charge in [0, 0.05) is 35.5 Å². The van der Waals surface area contributed by atoms with Crippen molar-refractivity contribution in [3.63, 3.8) is 0 Å². The molecule has 1 unspecified atom stereocenters. The molecule has 202 valence electrons. The van der Waals surface area contributed by atoms with Crippen LogP contribution in [0.2, 0.25) is 0 Å². The van der Waals surface area contributed by atoms with Gasteiger partial charge in [-0.3, -0.25) is 4.79 Å². The molecule has 1 atom stereocenters. The quantitative estimate of drug-likeness (QED) is 0.307. The lowest BCUT2D eigenvalue weighted by Crippen LogP contribution is -2.46. The number of hydrogen-bond donors (Lipinski definition) is 2. The van der Waals surface area contributed by atoms with Gasteiger partial charge in [-0.25, -0.2) is 9.18 Å². The van der Waals surface area contributed by atoms with Crippen LogP contribution in [0.3, 0.4) is 0 Å². The van der Waals surface area contributed by atoms with E-state index < -0.39 is 12.0 Å². The molecule has 0 spiro atoms. The van der Waals surface area contributed by atoms with Crippen molar-refractivity contribution in [2.24, 2.45) is 0 Å². The standard InChI is InChI=1S/C31H27FN4O4/c1-19(2)33-29(37)27-17-24(31(38)39)14-15-36(27)18-20-8-10-22(11-9-20)28-34-30(40-35-28)23-12-13-25(26(32)16-23)21-6-4-3-5-7-21/h3-17,19,27H,18H2,1-2H3,(H,33,37)(H,38,39). The first-order valence-corrected chi connectivity index (χ1v) is 12.8. The number of hydrogen-bond acceptors (Lipinski definition) is 6. The van der Waals surface area contributed by atoms with Crippen LogP contribution in [0.25, 0.3) is 34.0 Å². The molecule has 0 bridgehead atoms. The summed E-state index contributed by atoms with van der Waals surface area (Å²) in [6, 6.07) is 20.7. The molecule has 4 aromatic rings. The maximum Gasteiger partial charge on any atom is 0.335 e. The summed E-state index contributed by atoms with van der Waals surface area (Å²) in [7, 11) is 0. The third-order valence-corrected chi connectivity index (χ3v) is 6.39. The van der Waals surface area contributed by atoms with Crippen molar-refractivity contribution in [1.29, 1.82) is 0 Å². The van der Waals surface area contributed by atoms with Crippen LogP contribution in [0.15, 0.2) is 101 Å². The molecule has 1 amide bonds. The van der Waals surface area contributed by atoms with E-state index in [0.717, 1.165) is 11.1 Å². The molecule has 2 heterocycles. The Morgan fingerprint density at radius 3 is 2.42 bits per heavy atom. The number of nitrogens with one attached hydrogen (secondary N) is 1. The largest absolute Gasteiger partial charge is 0.478 e. The van der Waals surface area contributed by atoms with Gasteiger partial charge in [0.05, 0.1) is 5.57 Å². The smallest absolute Gasteiger partial charge is 0.335 e. The van der Waals surface area contributed by atoms with Crippen molar-refractivity contribution in [2.45, 2.75) is 32.5 Å². The summed E-state index contributed by atoms with van der Waals surface area (Å²) in [6.07, 6.45) is 4.55. The van der Waals surface area contributed by atoms with E-state index in [2.05, 4.69) is 15.5 Å². The summed E-state index contributed by atoms with van der Waals surface area (Å²) >= 11 is 0. The summed E-state index contributed by atoms with van der Waals surface area (Å²) in [5.74, 6) is -1.18. The second-order valence-electron chi connectivity index (χ2n) is 9.70. The average Bonchev–Trinajstić information content (AvgIpc) is 3.44. The Morgan fingerprint density at radius 1 is 1.02 bits per heavy atom. The van der Waals surface area contributed by atoms with Gasteiger partial charge < -0.3 is 19.8 Å². The Kier molecular flexibility index (Phi) is 7.54. The number of aromatic nitrogens is 2. The van der Waals surface area contributed by atoms with Gasteiger partial charge in [0.15, 0.2) is 0 Å². The van der Waals surface area contributed by atoms with Crippen molar-refractivity contribution in [3.8, 4) is 34.0 Å². The normalized spacial score (nSPS) is 14.8. The molecular weight excluding hydrogens is 511 g/mol. The van der Waals surface area contributed by atoms with Gasteiger partial charge in [-0.05, 0) is 49.3 Å². The molecule has 1 aliphatic heterocycles. The van der Waals surface area contributed by atoms with Gasteiger partial charge in [0.25, 0.3) is 5.89 Å². The number of carboxylic acids is 1. The Labute approximate surface area is 230 Å². The fraction of sp³-hybridized carbons (Fsp3) is 0.161. The molecule has 40 heavy (non-hydrogen) atoms. The molecule has 0 aliphatic carbocycles. The van der Waals surface area contributed by atoms with Crippen molar-refractivity contribution in [1.82, 2.24) is 20.4 Å². The van der Waals surface area contributed by atoms with Crippen molar-refractivity contribution in [2.75, 3.05) is 0 Å². The Bertz CT molecular complexity index is 1590. The zero-order valence-corrected chi connectivity index (χ0v) is 21.9. The monoisotopic (exact) mass is 538 g/mol. The Balaban J connectivity index is 1.31. The van der Waals surface area contributed by atoms with Crippen molar-refractivity contribution >= 4 is 11.9 Å². The van der Waals surface area contributed by atoms with Crippen LogP contribution in [0.4, 0.5) is 4.39 Å². The minimum absolute atomic E-state index is 0.0676. The number of nitrogens with zero attached hydrogens (tertiary/aromatic N) is 3. The first kappa shape index (κ1) is 26.6. The molecule has 8 nitrogen and oxygen atoms in total. The van der Waals surface area contributed by atoms with E-state index in [1.807, 2.05) is 68.4 Å². The number of carbonyl (C=O) groups excluding carboxylic acids is 1. The SMILES string of the molecule is CC(C)NC(=O)C1C=C(C(=O)O)C=CN1Cc1ccc(-c2noc(-c3ccc(-c4ccccc4)c(F)c3)n2)cc1. The highest BCUT2D eigenvalue weighted by molar-refractivity contribution is 5.93. The van der Waals surface area contributed by atoms with E-state index >= 15 is 0 Å². The van der Waals surface area contributed by atoms with E-state index in [-0.39, 0.29) is 29.2 Å². The van der Waals surface area contributed by atoms with Gasteiger partial charge >= 0.3 is 5.97 Å². The number of halogens is 1. The van der Waals surface area contributed by atoms with Crippen LogP contribution in [-0.2, 0) is 16.1 Å². The van der Waals surface area contributed by atoms with E-state index in [4.69, 9.17) is 4.52 Å². The molecule has 5 rings (SSSR count). The number of amides is 1. The predicted molar refractivity (Wildman–Crippen MR) is 148 cm³/mol. The maximum absolute atomic E-state index is 14.8. The summed E-state index contributed by atoms with van der Waals surface area (Å²) in [6.45, 7) is 4.07. The second kappa shape index (κ2) is 11.4. The van der Waals surface area contributed by atoms with Crippen LogP contribution in [-0.4, -0.2) is 44.1 Å². The molecule has 1 aliphatic rings. The highest BCUT2D eigenvalue weighted by atomic mass is 19.1. The third-order valence-electron chi connectivity index (χ3n) is 6.39. The van der Waals surface area contributed by atoms with Gasteiger partial charge in [-0.15, -0.1) is 0 Å². The van der Waals surface area contributed by atoms with Crippen LogP contribution in [0.1, 0.15) is 19.4 Å². The Morgan fingerprint density at radius 2 is 1.75 bits per heavy atom. The molecule has 2 N–H and O–H groups in total. The van der Waals surface area contributed by atoms with E-state index in [1.165, 1.54) is 18.2 Å². The molecule has 0 fully saturated rings. The zero-order chi connectivity index (χ0) is 28.2. The van der Waals surface area contributed by atoms with E-state index in [1.54, 1.807) is 23.2 Å². The maximum atomic E-state index is 14.8. The summed E-state index contributed by atoms with van der Waals surface area (Å²) in [5, 5.41) is 16.3. The van der Waals surface area contributed by atoms with Gasteiger partial charge in [-0.2, -0.15) is 4.98 Å². The minimum Gasteiger partial charge on any atom is -0.478 e. The number of benzene rings is 3. The van der Waals surface area contributed by atoms with E-state index in [9.17, 15) is 19.1 Å². The summed E-state index contributed by atoms with van der Waals surface area (Å²) in [4.78, 5) is 30.5. The lowest BCUT2D eigenvalue weighted by molar-refractivity contribution is -0.132. The minimum atomic E-state index is -1.09. The molecule has 9 heteroatoms. The highest BCUT2D eigenvalue weighted by Crippen LogP contribution is 2.29. The fourth-order valence-corrected chi connectivity index (χ4v) is 4.41. The summed E-state index contributed by atoms with van der Waals surface area (Å²) < 4.78 is 20.2. The lowest BCUT2D eigenvalue weighted by Gasteiger charge is -2.31. The second-order valence-corrected chi connectivity index (χ2v) is 9.70. The van der Waals surface area contributed by atoms with Crippen LogP contribution in [0.5, 0.6) is 0 Å². The molecule has 3 aromatic carbocycles. The van der Waals surface area contributed by atoms with Crippen LogP contribution in [0, 0.1) is 5.82 Å². The van der Waals surface area contributed by atoms with Crippen molar-refractivity contribution < 1.29 is 23.6 Å². The van der Waals surface area contributed by atoms with Gasteiger partial charge in [0.2, 0.25) is 11.7 Å². The van der Waals surface area contributed by atoms with Gasteiger partial charge in [0.1, 0.15) is 11.9 Å². The predicted octanol–water partition coefficient (Wildman–Crippen LogP) is 5.44. The first-order valence-electron chi connectivity index (χ1n) is 12.8. The number of rotatable bonds is 8. The topological polar surface area (TPSA) is 109 Å². The molecule has 0 saturated carbocycles. The highest BCUT2D eigenvalue weighted by Gasteiger charge is 2.27. The molecule has 0 saturated heterocycles. The van der Waals surface area contributed by atoms with Crippen LogP contribution < -0.4 is 5.32 Å². The lowest BCUT2D eigenvalue weighted by atomic mass is 10.0. The number of aliphatic carboxylic acids is 1. The summed E-state index contributed by atoms with van der Waals surface area (Å²) in [5.41, 5.74) is 3.41. The molecular formula is C31H27FN4O4. The molecule has 1 aromatic heterocycles. The fourth-order valence-electron chi connectivity index (χ4n) is 4.41. The number of carboxylic acid groups (broad SMARTS) is 1. The number of carbonyl (C=O) groups is 2. The third kappa shape index (κ3) is 5.83. The first-order chi connectivity index (χ1) is 19.3. The van der Waals surface area contributed by atoms with E-state index in [0.29, 0.717) is 29.1 Å². The Hall–Kier alpha value is -5.05. The van der Waals surface area contributed by atoms with Gasteiger partial charge in [-0.1, -0.05) is 65.8 Å². The van der Waals surface area contributed by atoms with Crippen molar-refractivity contribution in [3.05, 3.63) is 108 Å².